The number of nitrogens with one attached hydrogen (secondary N) is 3. The second kappa shape index (κ2) is 5.56. The number of carbonyl (C=O) groups is 1. The molecule has 0 aliphatic carbocycles. The third kappa shape index (κ3) is 3.58. The molecular weight excluding hydrogens is 240 g/mol. The van der Waals surface area contributed by atoms with Crippen LogP contribution in [-0.4, -0.2) is 15.9 Å². The molecule has 0 atom stereocenters. The van der Waals surface area contributed by atoms with Gasteiger partial charge in [0.15, 0.2) is 0 Å². The normalized spacial score (nSPS) is 10.3. The summed E-state index contributed by atoms with van der Waals surface area (Å²) in [6.45, 7) is 6.06. The second-order valence-corrected chi connectivity index (χ2v) is 4.56. The molecule has 1 aromatic carbocycles. The van der Waals surface area contributed by atoms with Gasteiger partial charge in [0.1, 0.15) is 5.82 Å². The Morgan fingerprint density at radius 1 is 1.37 bits per heavy atom. The molecule has 0 spiro atoms. The summed E-state index contributed by atoms with van der Waals surface area (Å²) in [7, 11) is 0. The highest BCUT2D eigenvalue weighted by molar-refractivity contribution is 5.90. The summed E-state index contributed by atoms with van der Waals surface area (Å²) in [5, 5.41) is 6.11. The van der Waals surface area contributed by atoms with E-state index in [0.29, 0.717) is 6.54 Å². The highest BCUT2D eigenvalue weighted by Gasteiger charge is 2.03. The zero-order chi connectivity index (χ0) is 13.8. The zero-order valence-corrected chi connectivity index (χ0v) is 11.4. The molecule has 0 aliphatic heterocycles. The predicted octanol–water partition coefficient (Wildman–Crippen LogP) is 2.60. The summed E-state index contributed by atoms with van der Waals surface area (Å²) < 4.78 is 0. The largest absolute Gasteiger partial charge is 0.379 e. The van der Waals surface area contributed by atoms with Crippen LogP contribution in [0.1, 0.15) is 24.0 Å². The highest BCUT2D eigenvalue weighted by atomic mass is 16.1. The van der Waals surface area contributed by atoms with E-state index in [9.17, 15) is 4.79 Å². The van der Waals surface area contributed by atoms with Crippen LogP contribution in [-0.2, 0) is 11.3 Å². The lowest BCUT2D eigenvalue weighted by Gasteiger charge is -2.10. The van der Waals surface area contributed by atoms with Gasteiger partial charge in [0.05, 0.1) is 18.4 Å². The molecule has 0 bridgehead atoms. The van der Waals surface area contributed by atoms with Crippen molar-refractivity contribution in [2.24, 2.45) is 0 Å². The van der Waals surface area contributed by atoms with Crippen molar-refractivity contribution in [3.8, 4) is 0 Å². The number of carbonyl (C=O) groups excluding carboxylic acids is 1. The van der Waals surface area contributed by atoms with Gasteiger partial charge in [-0.25, -0.2) is 4.98 Å². The molecule has 2 aromatic rings. The van der Waals surface area contributed by atoms with Crippen LogP contribution in [0.4, 0.5) is 11.4 Å². The number of H-pyrrole nitrogens is 1. The monoisotopic (exact) mass is 258 g/mol. The number of aromatic nitrogens is 2. The molecular formula is C14H18N4O. The molecule has 1 amide bonds. The van der Waals surface area contributed by atoms with Crippen LogP contribution in [0, 0.1) is 13.8 Å². The van der Waals surface area contributed by atoms with Crippen LogP contribution in [0.25, 0.3) is 0 Å². The minimum atomic E-state index is -0.0653. The van der Waals surface area contributed by atoms with Crippen LogP contribution >= 0.6 is 0 Å². The molecule has 3 N–H and O–H groups in total. The van der Waals surface area contributed by atoms with Gasteiger partial charge in [-0.05, 0) is 31.5 Å². The Hall–Kier alpha value is -2.30. The Balaban J connectivity index is 2.06. The quantitative estimate of drug-likeness (QED) is 0.789. The Morgan fingerprint density at radius 2 is 2.16 bits per heavy atom. The second-order valence-electron chi connectivity index (χ2n) is 4.56. The average Bonchev–Trinajstić information content (AvgIpc) is 2.75. The molecule has 5 nitrogen and oxygen atoms in total. The summed E-state index contributed by atoms with van der Waals surface area (Å²) in [6.07, 6.45) is 1.81. The number of benzene rings is 1. The third-order valence-electron chi connectivity index (χ3n) is 2.79. The Kier molecular flexibility index (Phi) is 3.85. The molecule has 0 unspecified atom stereocenters. The molecule has 19 heavy (non-hydrogen) atoms. The van der Waals surface area contributed by atoms with Crippen LogP contribution in [0.5, 0.6) is 0 Å². The maximum Gasteiger partial charge on any atom is 0.221 e. The summed E-state index contributed by atoms with van der Waals surface area (Å²) in [5.41, 5.74) is 3.86. The van der Waals surface area contributed by atoms with Crippen molar-refractivity contribution in [3.63, 3.8) is 0 Å². The average molecular weight is 258 g/mol. The van der Waals surface area contributed by atoms with E-state index in [4.69, 9.17) is 0 Å². The van der Waals surface area contributed by atoms with E-state index in [1.807, 2.05) is 38.2 Å². The molecule has 100 valence electrons. The first-order valence-corrected chi connectivity index (χ1v) is 6.17. The van der Waals surface area contributed by atoms with E-state index in [2.05, 4.69) is 20.6 Å². The first-order chi connectivity index (χ1) is 9.04. The van der Waals surface area contributed by atoms with Crippen LogP contribution in [0.2, 0.25) is 0 Å². The molecule has 0 saturated carbocycles. The number of rotatable bonds is 4. The Bertz CT molecular complexity index is 589. The maximum atomic E-state index is 11.1. The van der Waals surface area contributed by atoms with Gasteiger partial charge in [-0.15, -0.1) is 0 Å². The van der Waals surface area contributed by atoms with E-state index in [1.54, 1.807) is 0 Å². The standard InChI is InChI=1S/C14H18N4O/c1-9-4-5-12(6-14(9)18-11(3)19)16-8-13-7-15-10(2)17-13/h4-7,16H,8H2,1-3H3,(H,15,17)(H,18,19). The molecule has 0 saturated heterocycles. The minimum absolute atomic E-state index is 0.0653. The van der Waals surface area contributed by atoms with Crippen LogP contribution < -0.4 is 10.6 Å². The van der Waals surface area contributed by atoms with Gasteiger partial charge in [-0.1, -0.05) is 6.07 Å². The molecule has 0 aliphatic rings. The first-order valence-electron chi connectivity index (χ1n) is 6.17. The lowest BCUT2D eigenvalue weighted by Crippen LogP contribution is -2.08. The van der Waals surface area contributed by atoms with Gasteiger partial charge in [0.2, 0.25) is 5.91 Å². The summed E-state index contributed by atoms with van der Waals surface area (Å²) in [4.78, 5) is 18.4. The van der Waals surface area contributed by atoms with Crippen molar-refractivity contribution >= 4 is 17.3 Å². The number of anilines is 2. The fourth-order valence-corrected chi connectivity index (χ4v) is 1.82. The molecule has 0 fully saturated rings. The summed E-state index contributed by atoms with van der Waals surface area (Å²) in [5.74, 6) is 0.837. The molecule has 0 radical (unpaired) electrons. The molecule has 1 aromatic heterocycles. The number of aromatic amines is 1. The van der Waals surface area contributed by atoms with Gasteiger partial charge in [0, 0.05) is 18.3 Å². The van der Waals surface area contributed by atoms with Crippen molar-refractivity contribution in [1.82, 2.24) is 9.97 Å². The van der Waals surface area contributed by atoms with Crippen molar-refractivity contribution in [1.29, 1.82) is 0 Å². The SMILES string of the molecule is CC(=O)Nc1cc(NCc2cnc(C)[nH]2)ccc1C. The number of nitrogens with zero attached hydrogens (tertiary/aromatic N) is 1. The van der Waals surface area contributed by atoms with E-state index in [-0.39, 0.29) is 5.91 Å². The van der Waals surface area contributed by atoms with E-state index >= 15 is 0 Å². The minimum Gasteiger partial charge on any atom is -0.379 e. The maximum absolute atomic E-state index is 11.1. The van der Waals surface area contributed by atoms with Gasteiger partial charge in [-0.2, -0.15) is 0 Å². The van der Waals surface area contributed by atoms with Gasteiger partial charge >= 0.3 is 0 Å². The number of amides is 1. The van der Waals surface area contributed by atoms with E-state index in [0.717, 1.165) is 28.5 Å². The number of aryl methyl sites for hydroxylation is 2. The van der Waals surface area contributed by atoms with E-state index in [1.165, 1.54) is 6.92 Å². The molecule has 2 rings (SSSR count). The first kappa shape index (κ1) is 13.1. The number of hydrogen-bond donors (Lipinski definition) is 3. The smallest absolute Gasteiger partial charge is 0.221 e. The van der Waals surface area contributed by atoms with E-state index < -0.39 is 0 Å². The Morgan fingerprint density at radius 3 is 2.79 bits per heavy atom. The molecule has 1 heterocycles. The predicted molar refractivity (Wildman–Crippen MR) is 76.1 cm³/mol. The zero-order valence-electron chi connectivity index (χ0n) is 11.4. The van der Waals surface area contributed by atoms with Crippen LogP contribution in [0.3, 0.4) is 0 Å². The Labute approximate surface area is 112 Å². The number of hydrogen-bond acceptors (Lipinski definition) is 3. The van der Waals surface area contributed by atoms with Gasteiger partial charge < -0.3 is 15.6 Å². The lowest BCUT2D eigenvalue weighted by atomic mass is 10.1. The number of imidazole rings is 1. The van der Waals surface area contributed by atoms with Gasteiger partial charge in [0.25, 0.3) is 0 Å². The highest BCUT2D eigenvalue weighted by Crippen LogP contribution is 2.20. The van der Waals surface area contributed by atoms with Gasteiger partial charge in [-0.3, -0.25) is 4.79 Å². The van der Waals surface area contributed by atoms with Crippen molar-refractivity contribution in [2.75, 3.05) is 10.6 Å². The van der Waals surface area contributed by atoms with Crippen LogP contribution in [0.15, 0.2) is 24.4 Å². The fourth-order valence-electron chi connectivity index (χ4n) is 1.82. The summed E-state index contributed by atoms with van der Waals surface area (Å²) in [6, 6.07) is 5.90. The topological polar surface area (TPSA) is 69.8 Å². The lowest BCUT2D eigenvalue weighted by molar-refractivity contribution is -0.114. The summed E-state index contributed by atoms with van der Waals surface area (Å²) >= 11 is 0. The van der Waals surface area contributed by atoms with Crippen molar-refractivity contribution < 1.29 is 4.79 Å². The fraction of sp³-hybridized carbons (Fsp3) is 0.286. The third-order valence-corrected chi connectivity index (χ3v) is 2.79. The van der Waals surface area contributed by atoms with Crippen molar-refractivity contribution in [3.05, 3.63) is 41.5 Å². The molecule has 5 heteroatoms. The van der Waals surface area contributed by atoms with Crippen molar-refractivity contribution in [2.45, 2.75) is 27.3 Å².